The summed E-state index contributed by atoms with van der Waals surface area (Å²) in [7, 11) is 0. The molecule has 2 fully saturated rings. The Balaban J connectivity index is 1.62. The van der Waals surface area contributed by atoms with Gasteiger partial charge in [-0.05, 0) is 68.1 Å². The van der Waals surface area contributed by atoms with E-state index < -0.39 is 5.60 Å². The molecule has 1 aromatic rings. The number of benzene rings is 1. The van der Waals surface area contributed by atoms with E-state index >= 15 is 0 Å². The molecular weight excluding hydrogens is 265 g/mol. The molecule has 0 aliphatic heterocycles. The minimum absolute atomic E-state index is 0.187. The Kier molecular flexibility index (Phi) is 4.32. The number of hydrogen-bond acceptors (Lipinski definition) is 2. The molecule has 3 rings (SSSR count). The zero-order chi connectivity index (χ0) is 14.9. The second-order valence-corrected chi connectivity index (χ2v) is 7.15. The SMILES string of the molecule is CC1CCC(O)(CNC(c2ccc(F)cc2)C2CC2)CC1. The first-order valence-electron chi connectivity index (χ1n) is 8.27. The Labute approximate surface area is 126 Å². The molecule has 2 saturated carbocycles. The summed E-state index contributed by atoms with van der Waals surface area (Å²) in [5, 5.41) is 14.3. The molecule has 116 valence electrons. The van der Waals surface area contributed by atoms with Crippen molar-refractivity contribution in [3.05, 3.63) is 35.6 Å². The molecular formula is C18H26FNO. The minimum Gasteiger partial charge on any atom is -0.389 e. The molecule has 2 aliphatic rings. The van der Waals surface area contributed by atoms with Gasteiger partial charge in [0.15, 0.2) is 0 Å². The molecule has 0 saturated heterocycles. The molecule has 0 radical (unpaired) electrons. The number of hydrogen-bond donors (Lipinski definition) is 2. The molecule has 1 atom stereocenters. The monoisotopic (exact) mass is 291 g/mol. The van der Waals surface area contributed by atoms with Gasteiger partial charge in [-0.3, -0.25) is 0 Å². The fourth-order valence-electron chi connectivity index (χ4n) is 3.43. The summed E-state index contributed by atoms with van der Waals surface area (Å²) in [6.07, 6.45) is 6.46. The first-order chi connectivity index (χ1) is 10.1. The van der Waals surface area contributed by atoms with Gasteiger partial charge in [0.1, 0.15) is 5.82 Å². The first kappa shape index (κ1) is 15.0. The normalized spacial score (nSPS) is 31.1. The van der Waals surface area contributed by atoms with Crippen LogP contribution < -0.4 is 5.32 Å². The van der Waals surface area contributed by atoms with Gasteiger partial charge in [0.2, 0.25) is 0 Å². The van der Waals surface area contributed by atoms with Crippen LogP contribution >= 0.6 is 0 Å². The predicted octanol–water partition coefficient (Wildman–Crippen LogP) is 3.81. The maximum absolute atomic E-state index is 13.1. The average Bonchev–Trinajstić information content (AvgIpc) is 3.29. The van der Waals surface area contributed by atoms with E-state index in [9.17, 15) is 9.50 Å². The van der Waals surface area contributed by atoms with Crippen LogP contribution in [0, 0.1) is 17.7 Å². The molecule has 3 heteroatoms. The fourth-order valence-corrected chi connectivity index (χ4v) is 3.43. The smallest absolute Gasteiger partial charge is 0.123 e. The summed E-state index contributed by atoms with van der Waals surface area (Å²) in [6.45, 7) is 2.91. The summed E-state index contributed by atoms with van der Waals surface area (Å²) in [5.41, 5.74) is 0.589. The number of nitrogens with one attached hydrogen (secondary N) is 1. The lowest BCUT2D eigenvalue weighted by molar-refractivity contribution is -0.00874. The highest BCUT2D eigenvalue weighted by Crippen LogP contribution is 2.41. The maximum atomic E-state index is 13.1. The van der Waals surface area contributed by atoms with Crippen LogP contribution in [0.5, 0.6) is 0 Å². The third-order valence-electron chi connectivity index (χ3n) is 5.18. The van der Waals surface area contributed by atoms with Crippen molar-refractivity contribution in [2.45, 2.75) is 57.1 Å². The van der Waals surface area contributed by atoms with Crippen molar-refractivity contribution in [3.8, 4) is 0 Å². The summed E-state index contributed by atoms with van der Waals surface area (Å²) >= 11 is 0. The maximum Gasteiger partial charge on any atom is 0.123 e. The molecule has 0 heterocycles. The molecule has 1 aromatic carbocycles. The van der Waals surface area contributed by atoms with E-state index in [1.54, 1.807) is 0 Å². The summed E-state index contributed by atoms with van der Waals surface area (Å²) in [5.74, 6) is 1.19. The minimum atomic E-state index is -0.556. The lowest BCUT2D eigenvalue weighted by Gasteiger charge is -2.36. The van der Waals surface area contributed by atoms with E-state index in [0.717, 1.165) is 37.2 Å². The van der Waals surface area contributed by atoms with Crippen molar-refractivity contribution in [1.82, 2.24) is 5.32 Å². The molecule has 0 amide bonds. The van der Waals surface area contributed by atoms with Crippen molar-refractivity contribution in [2.24, 2.45) is 11.8 Å². The Morgan fingerprint density at radius 2 is 1.81 bits per heavy atom. The molecule has 2 nitrogen and oxygen atoms in total. The van der Waals surface area contributed by atoms with E-state index in [1.807, 2.05) is 12.1 Å². The van der Waals surface area contributed by atoms with Crippen molar-refractivity contribution in [3.63, 3.8) is 0 Å². The zero-order valence-corrected chi connectivity index (χ0v) is 12.8. The van der Waals surface area contributed by atoms with Crippen LogP contribution in [0.4, 0.5) is 4.39 Å². The lowest BCUT2D eigenvalue weighted by Crippen LogP contribution is -2.44. The van der Waals surface area contributed by atoms with Gasteiger partial charge in [0, 0.05) is 12.6 Å². The molecule has 0 aromatic heterocycles. The summed E-state index contributed by atoms with van der Waals surface area (Å²) in [6, 6.07) is 7.07. The van der Waals surface area contributed by atoms with Gasteiger partial charge < -0.3 is 10.4 Å². The molecule has 0 bridgehead atoms. The Morgan fingerprint density at radius 1 is 1.19 bits per heavy atom. The number of aliphatic hydroxyl groups is 1. The highest BCUT2D eigenvalue weighted by Gasteiger charge is 2.36. The molecule has 21 heavy (non-hydrogen) atoms. The van der Waals surface area contributed by atoms with E-state index in [0.29, 0.717) is 12.5 Å². The van der Waals surface area contributed by atoms with Crippen LogP contribution in [0.3, 0.4) is 0 Å². The van der Waals surface area contributed by atoms with Crippen LogP contribution in [-0.4, -0.2) is 17.3 Å². The summed E-state index contributed by atoms with van der Waals surface area (Å²) in [4.78, 5) is 0. The van der Waals surface area contributed by atoms with Crippen molar-refractivity contribution in [2.75, 3.05) is 6.54 Å². The Morgan fingerprint density at radius 3 is 2.38 bits per heavy atom. The van der Waals surface area contributed by atoms with E-state index in [2.05, 4.69) is 12.2 Å². The lowest BCUT2D eigenvalue weighted by atomic mass is 9.79. The van der Waals surface area contributed by atoms with Crippen LogP contribution in [-0.2, 0) is 0 Å². The van der Waals surface area contributed by atoms with Gasteiger partial charge in [0.25, 0.3) is 0 Å². The topological polar surface area (TPSA) is 32.3 Å². The van der Waals surface area contributed by atoms with Crippen LogP contribution in [0.1, 0.15) is 57.1 Å². The van der Waals surface area contributed by atoms with Crippen LogP contribution in [0.25, 0.3) is 0 Å². The van der Waals surface area contributed by atoms with Gasteiger partial charge in [-0.2, -0.15) is 0 Å². The van der Waals surface area contributed by atoms with Crippen molar-refractivity contribution >= 4 is 0 Å². The fraction of sp³-hybridized carbons (Fsp3) is 0.667. The molecule has 2 aliphatic carbocycles. The van der Waals surface area contributed by atoms with Gasteiger partial charge in [-0.15, -0.1) is 0 Å². The predicted molar refractivity (Wildman–Crippen MR) is 82.4 cm³/mol. The van der Waals surface area contributed by atoms with Crippen molar-refractivity contribution in [1.29, 1.82) is 0 Å². The third-order valence-corrected chi connectivity index (χ3v) is 5.18. The molecule has 2 N–H and O–H groups in total. The third kappa shape index (κ3) is 3.83. The van der Waals surface area contributed by atoms with Gasteiger partial charge in [0.05, 0.1) is 5.60 Å². The van der Waals surface area contributed by atoms with E-state index in [4.69, 9.17) is 0 Å². The first-order valence-corrected chi connectivity index (χ1v) is 8.27. The van der Waals surface area contributed by atoms with E-state index in [-0.39, 0.29) is 11.9 Å². The standard InChI is InChI=1S/C18H26FNO/c1-13-8-10-18(21,11-9-13)12-20-17(14-2-3-14)15-4-6-16(19)7-5-15/h4-7,13-14,17,20-21H,2-3,8-12H2,1H3. The zero-order valence-electron chi connectivity index (χ0n) is 12.8. The quantitative estimate of drug-likeness (QED) is 0.864. The van der Waals surface area contributed by atoms with Gasteiger partial charge in [-0.1, -0.05) is 19.1 Å². The molecule has 0 spiro atoms. The number of halogens is 1. The second-order valence-electron chi connectivity index (χ2n) is 7.15. The second kappa shape index (κ2) is 6.05. The largest absolute Gasteiger partial charge is 0.389 e. The average molecular weight is 291 g/mol. The highest BCUT2D eigenvalue weighted by atomic mass is 19.1. The van der Waals surface area contributed by atoms with Gasteiger partial charge >= 0.3 is 0 Å². The van der Waals surface area contributed by atoms with Crippen LogP contribution in [0.2, 0.25) is 0 Å². The van der Waals surface area contributed by atoms with Crippen molar-refractivity contribution < 1.29 is 9.50 Å². The number of rotatable bonds is 5. The highest BCUT2D eigenvalue weighted by molar-refractivity contribution is 5.22. The van der Waals surface area contributed by atoms with Gasteiger partial charge in [-0.25, -0.2) is 4.39 Å². The molecule has 1 unspecified atom stereocenters. The Bertz CT molecular complexity index is 461. The van der Waals surface area contributed by atoms with Crippen LogP contribution in [0.15, 0.2) is 24.3 Å². The Hall–Kier alpha value is -0.930. The van der Waals surface area contributed by atoms with E-state index in [1.165, 1.54) is 25.0 Å². The summed E-state index contributed by atoms with van der Waals surface area (Å²) < 4.78 is 13.1.